The van der Waals surface area contributed by atoms with Crippen LogP contribution in [0.4, 0.5) is 5.82 Å². The number of ether oxygens (including phenoxy) is 3. The van der Waals surface area contributed by atoms with E-state index in [1.54, 1.807) is 0 Å². The molecule has 2 aliphatic heterocycles. The van der Waals surface area contributed by atoms with Gasteiger partial charge in [-0.1, -0.05) is 0 Å². The van der Waals surface area contributed by atoms with Crippen LogP contribution in [0.3, 0.4) is 0 Å². The van der Waals surface area contributed by atoms with Crippen LogP contribution in [0.15, 0.2) is 36.2 Å². The summed E-state index contributed by atoms with van der Waals surface area (Å²) in [7, 11) is -17.8. The quantitative estimate of drug-likeness (QED) is 0.0919. The zero-order chi connectivity index (χ0) is 34.0. The Bertz CT molecular complexity index is 1830. The van der Waals surface area contributed by atoms with Gasteiger partial charge in [0, 0.05) is 0 Å². The lowest BCUT2D eigenvalue weighted by Crippen LogP contribution is -2.46. The van der Waals surface area contributed by atoms with Crippen molar-refractivity contribution in [2.45, 2.75) is 30.3 Å². The van der Waals surface area contributed by atoms with Crippen molar-refractivity contribution >= 4 is 46.2 Å². The van der Waals surface area contributed by atoms with E-state index in [0.29, 0.717) is 12.2 Å². The maximum absolute atomic E-state index is 12.3. The second-order valence-electron chi connectivity index (χ2n) is 9.05. The van der Waals surface area contributed by atoms with Gasteiger partial charge in [-0.25, -0.2) is 32.7 Å². The number of anilines is 1. The van der Waals surface area contributed by atoms with Gasteiger partial charge in [-0.15, -0.1) is 0 Å². The highest BCUT2D eigenvalue weighted by Crippen LogP contribution is 2.64. The first-order valence-corrected chi connectivity index (χ1v) is 16.2. The maximum atomic E-state index is 12.3. The molecule has 250 valence electrons. The van der Waals surface area contributed by atoms with Crippen LogP contribution in [0.2, 0.25) is 0 Å². The van der Waals surface area contributed by atoms with E-state index in [1.807, 2.05) is 0 Å². The monoisotopic (exact) mass is 716 g/mol. The van der Waals surface area contributed by atoms with Crippen molar-refractivity contribution in [3.63, 3.8) is 0 Å². The second kappa shape index (κ2) is 11.5. The lowest BCUT2D eigenvalue weighted by Gasteiger charge is -2.28. The van der Waals surface area contributed by atoms with Crippen LogP contribution in [0.25, 0.3) is 11.2 Å². The van der Waals surface area contributed by atoms with E-state index in [0.717, 1.165) is 17.2 Å². The number of imidazole rings is 1. The number of aromatic nitrogens is 4. The molecule has 6 atom stereocenters. The third kappa shape index (κ3) is 6.27. The second-order valence-corrected chi connectivity index (χ2v) is 13.4. The van der Waals surface area contributed by atoms with Gasteiger partial charge in [0.1, 0.15) is 30.2 Å². The fourth-order valence-corrected chi connectivity index (χ4v) is 7.56. The zero-order valence-electron chi connectivity index (χ0n) is 21.7. The summed E-state index contributed by atoms with van der Waals surface area (Å²) in [4.78, 5) is 71.1. The number of phosphoric ester groups is 1. The largest absolute Gasteiger partial charge is 0.756 e. The molecule has 2 saturated heterocycles. The van der Waals surface area contributed by atoms with Crippen molar-refractivity contribution in [3.8, 4) is 0 Å². The van der Waals surface area contributed by atoms with Gasteiger partial charge in [-0.05, 0) is 0 Å². The summed E-state index contributed by atoms with van der Waals surface area (Å²) in [5.74, 6) is -3.18. The number of nitrogens with two attached hydrogens (primary N) is 1. The van der Waals surface area contributed by atoms with Crippen LogP contribution in [0, 0.1) is 30.6 Å². The smallest absolute Gasteiger partial charge is 0.478 e. The maximum Gasteiger partial charge on any atom is 0.478 e. The van der Waals surface area contributed by atoms with Gasteiger partial charge in [0.15, 0.2) is 17.7 Å². The Morgan fingerprint density at radius 1 is 0.978 bits per heavy atom. The molecule has 5 rings (SSSR count). The molecule has 30 heteroatoms. The Labute approximate surface area is 251 Å². The summed E-state index contributed by atoms with van der Waals surface area (Å²) in [5, 5.41) is 46.9. The SMILES string of the molecule is Nc1ncnc2c1ncn2[C@@H]1O[C@H](COP(=O)(O)OP(=O)([O-])OP(=O)(O)O)[C@H]2OC3(O[C@H]21)C([N+](=O)[O-])=CC(=[N+]([O-])[O-])C=C3[N+](=O)[O-]. The molecular formula is C16H15N8O19P3-2. The van der Waals surface area contributed by atoms with E-state index < -0.39 is 92.3 Å². The normalized spacial score (nSPS) is 28.7. The van der Waals surface area contributed by atoms with Gasteiger partial charge < -0.3 is 49.9 Å². The minimum atomic E-state index is -6.19. The minimum absolute atomic E-state index is 0.000126. The number of nitro groups is 2. The number of phosphoric acid groups is 3. The molecule has 46 heavy (non-hydrogen) atoms. The molecule has 2 fully saturated rings. The summed E-state index contributed by atoms with van der Waals surface area (Å²) in [6.07, 6.45) is -4.00. The van der Waals surface area contributed by atoms with Crippen molar-refractivity contribution in [3.05, 3.63) is 66.8 Å². The Hall–Kier alpha value is -3.81. The molecule has 0 aromatic carbocycles. The first kappa shape index (κ1) is 33.6. The highest BCUT2D eigenvalue weighted by atomic mass is 31.3. The number of nitrogens with zero attached hydrogens (tertiary/aromatic N) is 7. The van der Waals surface area contributed by atoms with Crippen molar-refractivity contribution in [1.82, 2.24) is 19.5 Å². The van der Waals surface area contributed by atoms with Gasteiger partial charge in [-0.2, -0.15) is 4.90 Å². The van der Waals surface area contributed by atoms with Crippen LogP contribution in [-0.2, 0) is 41.1 Å². The molecule has 2 unspecified atom stereocenters. The van der Waals surface area contributed by atoms with Crippen molar-refractivity contribution in [1.29, 1.82) is 0 Å². The predicted octanol–water partition coefficient (Wildman–Crippen LogP) is -1.72. The highest BCUT2D eigenvalue weighted by Gasteiger charge is 2.70. The van der Waals surface area contributed by atoms with Crippen LogP contribution >= 0.6 is 23.5 Å². The molecule has 1 aliphatic carbocycles. The summed E-state index contributed by atoms with van der Waals surface area (Å²) in [5.41, 5.74) is 2.03. The average molecular weight is 716 g/mol. The minimum Gasteiger partial charge on any atom is -0.756 e. The van der Waals surface area contributed by atoms with Gasteiger partial charge in [0.05, 0.1) is 34.9 Å². The fourth-order valence-electron chi connectivity index (χ4n) is 4.60. The molecule has 5 N–H and O–H groups in total. The first-order valence-electron chi connectivity index (χ1n) is 11.7. The van der Waals surface area contributed by atoms with E-state index in [2.05, 4.69) is 28.1 Å². The lowest BCUT2D eigenvalue weighted by atomic mass is 10.0. The zero-order valence-corrected chi connectivity index (χ0v) is 24.4. The summed E-state index contributed by atoms with van der Waals surface area (Å²) in [6, 6.07) is 0. The van der Waals surface area contributed by atoms with Crippen LogP contribution in [0.1, 0.15) is 6.23 Å². The number of hydrogen-bond donors (Lipinski definition) is 4. The van der Waals surface area contributed by atoms with Gasteiger partial charge in [0.2, 0.25) is 5.71 Å². The molecule has 0 radical (unpaired) electrons. The van der Waals surface area contributed by atoms with Crippen molar-refractivity contribution in [2.75, 3.05) is 12.3 Å². The Morgan fingerprint density at radius 2 is 1.59 bits per heavy atom. The molecule has 1 spiro atoms. The van der Waals surface area contributed by atoms with E-state index in [-0.39, 0.29) is 17.0 Å². The molecule has 4 heterocycles. The summed E-state index contributed by atoms with van der Waals surface area (Å²) >= 11 is 0. The van der Waals surface area contributed by atoms with Crippen LogP contribution in [-0.4, -0.2) is 85.4 Å². The van der Waals surface area contributed by atoms with Crippen molar-refractivity contribution < 1.29 is 75.4 Å². The molecule has 2 aromatic rings. The summed E-state index contributed by atoms with van der Waals surface area (Å²) in [6.45, 7) is -1.23. The van der Waals surface area contributed by atoms with E-state index in [1.165, 1.54) is 0 Å². The highest BCUT2D eigenvalue weighted by molar-refractivity contribution is 7.65. The third-order valence-corrected chi connectivity index (χ3v) is 9.96. The average Bonchev–Trinajstić information content (AvgIpc) is 3.58. The van der Waals surface area contributed by atoms with Gasteiger partial charge >= 0.3 is 32.8 Å². The Kier molecular flexibility index (Phi) is 8.36. The van der Waals surface area contributed by atoms with E-state index in [9.17, 15) is 54.1 Å². The lowest BCUT2D eigenvalue weighted by molar-refractivity contribution is -0.499. The fraction of sp³-hybridized carbons (Fsp3) is 0.375. The standard InChI is InChI=1S/C16H16N8O19P3/c17-13-10-14(19-4-18-13)21(5-20-10)15-12-11(7(39-15)3-38-45(34,35)43-46(36,37)42-44(31,32)33)40-16(41-12)8(23(27)28)1-6(22(25)26)2-9(16)24(29)30/h1-2,4-5,7,11-12,15H,3H2,(H6-,17,18,19,25,26,31,32,33,34,35,36,37)/q-1/p-1/t7-,11-,12-,15-/m1/s1. The van der Waals surface area contributed by atoms with Gasteiger partial charge in [-0.3, -0.25) is 33.9 Å². The molecule has 0 bridgehead atoms. The first-order chi connectivity index (χ1) is 21.2. The Morgan fingerprint density at radius 3 is 2.15 bits per heavy atom. The third-order valence-electron chi connectivity index (χ3n) is 6.21. The molecule has 3 aliphatic rings. The van der Waals surface area contributed by atoms with Crippen LogP contribution in [0.5, 0.6) is 0 Å². The predicted molar refractivity (Wildman–Crippen MR) is 136 cm³/mol. The molecule has 0 saturated carbocycles. The summed E-state index contributed by atoms with van der Waals surface area (Å²) < 4.78 is 64.7. The molecule has 27 nitrogen and oxygen atoms in total. The molecule has 2 aromatic heterocycles. The van der Waals surface area contributed by atoms with Crippen molar-refractivity contribution in [2.24, 2.45) is 0 Å². The topological polar surface area (TPSA) is 395 Å². The number of rotatable bonds is 10. The van der Waals surface area contributed by atoms with Gasteiger partial charge in [0.25, 0.3) is 7.82 Å². The number of allylic oxidation sites excluding steroid dienone is 2. The van der Waals surface area contributed by atoms with E-state index in [4.69, 9.17) is 29.7 Å². The molecular weight excluding hydrogens is 701 g/mol. The van der Waals surface area contributed by atoms with E-state index >= 15 is 0 Å². The number of nitrogen functional groups attached to an aromatic ring is 1. The number of fused-ring (bicyclic) bond motifs is 2. The number of hydrogen-bond acceptors (Lipinski definition) is 20. The van der Waals surface area contributed by atoms with Crippen LogP contribution < -0.4 is 10.6 Å². The molecule has 0 amide bonds. The Balaban J connectivity index is 1.54.